The molecule has 1 aromatic heterocycles. The Labute approximate surface area is 216 Å². The highest BCUT2D eigenvalue weighted by Crippen LogP contribution is 2.12. The minimum Gasteiger partial charge on any atom is -0.461 e. The smallest absolute Gasteiger partial charge is 0.306 e. The largest absolute Gasteiger partial charge is 0.461 e. The van der Waals surface area contributed by atoms with Crippen molar-refractivity contribution >= 4 is 5.97 Å². The Morgan fingerprint density at radius 2 is 1.20 bits per heavy atom. The number of hydrogen-bond donors (Lipinski definition) is 0. The second-order valence-electron chi connectivity index (χ2n) is 9.82. The summed E-state index contributed by atoms with van der Waals surface area (Å²) in [6, 6.07) is 3.78. The molecule has 0 spiro atoms. The van der Waals surface area contributed by atoms with Crippen LogP contribution >= 0.6 is 0 Å². The zero-order valence-corrected chi connectivity index (χ0v) is 22.7. The molecule has 0 atom stereocenters. The number of esters is 1. The van der Waals surface area contributed by atoms with Crippen LogP contribution in [0.2, 0.25) is 0 Å². The lowest BCUT2D eigenvalue weighted by Gasteiger charge is -2.04. The van der Waals surface area contributed by atoms with Crippen LogP contribution in [0, 0.1) is 0 Å². The fraction of sp³-hybridized carbons (Fsp3) is 0.688. The Bertz CT molecular complexity index is 638. The molecule has 0 fully saturated rings. The molecule has 0 aliphatic carbocycles. The number of nitrogens with zero attached hydrogens (tertiary/aromatic N) is 1. The lowest BCUT2D eigenvalue weighted by atomic mass is 10.1. The lowest BCUT2D eigenvalue weighted by Crippen LogP contribution is -2.04. The van der Waals surface area contributed by atoms with Crippen molar-refractivity contribution in [3.63, 3.8) is 0 Å². The van der Waals surface area contributed by atoms with Gasteiger partial charge in [0, 0.05) is 24.4 Å². The monoisotopic (exact) mass is 483 g/mol. The average molecular weight is 484 g/mol. The number of aromatic nitrogens is 1. The fourth-order valence-electron chi connectivity index (χ4n) is 4.17. The summed E-state index contributed by atoms with van der Waals surface area (Å²) >= 11 is 0. The van der Waals surface area contributed by atoms with Crippen LogP contribution < -0.4 is 0 Å². The van der Waals surface area contributed by atoms with Crippen LogP contribution in [0.25, 0.3) is 0 Å². The van der Waals surface area contributed by atoms with E-state index in [0.29, 0.717) is 13.0 Å². The second kappa shape index (κ2) is 25.2. The number of unbranched alkanes of at least 4 members (excludes halogenated alkanes) is 16. The highest BCUT2D eigenvalue weighted by Gasteiger charge is 2.03. The quantitative estimate of drug-likeness (QED) is 0.0834. The summed E-state index contributed by atoms with van der Waals surface area (Å²) in [5.74, 6) is -0.0996. The van der Waals surface area contributed by atoms with Crippen LogP contribution in [0.1, 0.15) is 141 Å². The first kappa shape index (κ1) is 31.1. The van der Waals surface area contributed by atoms with Gasteiger partial charge in [0.25, 0.3) is 0 Å². The average Bonchev–Trinajstić information content (AvgIpc) is 2.88. The Hall–Kier alpha value is -1.90. The summed E-state index contributed by atoms with van der Waals surface area (Å²) in [6.45, 7) is 2.60. The first-order valence-electron chi connectivity index (χ1n) is 14.7. The fourth-order valence-corrected chi connectivity index (χ4v) is 4.17. The molecule has 1 heterocycles. The summed E-state index contributed by atoms with van der Waals surface area (Å²) in [5.41, 5.74) is 0.941. The number of ether oxygens (including phenoxy) is 1. The number of rotatable bonds is 24. The van der Waals surface area contributed by atoms with E-state index in [1.165, 1.54) is 109 Å². The lowest BCUT2D eigenvalue weighted by molar-refractivity contribution is -0.145. The number of pyridine rings is 1. The van der Waals surface area contributed by atoms with Crippen molar-refractivity contribution in [1.82, 2.24) is 4.98 Å². The van der Waals surface area contributed by atoms with Crippen molar-refractivity contribution in [1.29, 1.82) is 0 Å². The van der Waals surface area contributed by atoms with E-state index in [1.807, 2.05) is 12.1 Å². The summed E-state index contributed by atoms with van der Waals surface area (Å²) in [4.78, 5) is 15.8. The Kier molecular flexibility index (Phi) is 22.4. The molecular formula is C32H53NO2. The van der Waals surface area contributed by atoms with E-state index in [-0.39, 0.29) is 5.97 Å². The van der Waals surface area contributed by atoms with Crippen molar-refractivity contribution in [3.05, 3.63) is 54.4 Å². The van der Waals surface area contributed by atoms with E-state index in [4.69, 9.17) is 4.74 Å². The Morgan fingerprint density at radius 1 is 0.714 bits per heavy atom. The van der Waals surface area contributed by atoms with Gasteiger partial charge in [-0.25, -0.2) is 0 Å². The predicted octanol–water partition coefficient (Wildman–Crippen LogP) is 10.1. The molecule has 0 radical (unpaired) electrons. The Morgan fingerprint density at radius 3 is 1.69 bits per heavy atom. The molecule has 0 N–H and O–H groups in total. The molecule has 1 rings (SSSR count). The molecule has 0 saturated carbocycles. The van der Waals surface area contributed by atoms with Gasteiger partial charge in [0.1, 0.15) is 6.61 Å². The zero-order valence-electron chi connectivity index (χ0n) is 22.7. The van der Waals surface area contributed by atoms with Gasteiger partial charge in [0.05, 0.1) is 0 Å². The Balaban J connectivity index is 1.75. The molecule has 0 aliphatic heterocycles. The summed E-state index contributed by atoms with van der Waals surface area (Å²) in [6.07, 6.45) is 38.0. The third-order valence-electron chi connectivity index (χ3n) is 6.42. The zero-order chi connectivity index (χ0) is 25.1. The van der Waals surface area contributed by atoms with Crippen LogP contribution in [0.15, 0.2) is 48.8 Å². The SMILES string of the molecule is CCCCCC/C=C\CCCCCCCC/C=C\CCCCCCCC(=O)OCc1cccnc1. The van der Waals surface area contributed by atoms with Gasteiger partial charge in [0.2, 0.25) is 0 Å². The van der Waals surface area contributed by atoms with Crippen molar-refractivity contribution in [2.75, 3.05) is 0 Å². The molecular weight excluding hydrogens is 430 g/mol. The second-order valence-corrected chi connectivity index (χ2v) is 9.82. The highest BCUT2D eigenvalue weighted by atomic mass is 16.5. The van der Waals surface area contributed by atoms with E-state index in [9.17, 15) is 4.79 Å². The minimum atomic E-state index is -0.0996. The summed E-state index contributed by atoms with van der Waals surface area (Å²) < 4.78 is 5.29. The maximum atomic E-state index is 11.8. The molecule has 35 heavy (non-hydrogen) atoms. The first-order chi connectivity index (χ1) is 17.3. The molecule has 198 valence electrons. The number of carbonyl (C=O) groups excluding carboxylic acids is 1. The molecule has 0 amide bonds. The van der Waals surface area contributed by atoms with E-state index >= 15 is 0 Å². The van der Waals surface area contributed by atoms with E-state index < -0.39 is 0 Å². The van der Waals surface area contributed by atoms with Crippen molar-refractivity contribution in [2.45, 2.75) is 142 Å². The predicted molar refractivity (Wildman–Crippen MR) is 150 cm³/mol. The van der Waals surface area contributed by atoms with Gasteiger partial charge < -0.3 is 4.74 Å². The number of allylic oxidation sites excluding steroid dienone is 4. The van der Waals surface area contributed by atoms with Crippen molar-refractivity contribution in [3.8, 4) is 0 Å². The minimum absolute atomic E-state index is 0.0996. The van der Waals surface area contributed by atoms with Gasteiger partial charge in [-0.15, -0.1) is 0 Å². The molecule has 0 aromatic carbocycles. The van der Waals surface area contributed by atoms with Gasteiger partial charge in [-0.05, 0) is 63.9 Å². The van der Waals surface area contributed by atoms with E-state index in [2.05, 4.69) is 36.2 Å². The van der Waals surface area contributed by atoms with Gasteiger partial charge in [-0.2, -0.15) is 0 Å². The molecule has 0 bridgehead atoms. The summed E-state index contributed by atoms with van der Waals surface area (Å²) in [7, 11) is 0. The van der Waals surface area contributed by atoms with Crippen LogP contribution in [-0.2, 0) is 16.1 Å². The normalized spacial score (nSPS) is 11.6. The van der Waals surface area contributed by atoms with E-state index in [0.717, 1.165) is 18.4 Å². The number of hydrogen-bond acceptors (Lipinski definition) is 3. The maximum Gasteiger partial charge on any atom is 0.306 e. The van der Waals surface area contributed by atoms with Crippen LogP contribution in [-0.4, -0.2) is 11.0 Å². The van der Waals surface area contributed by atoms with Crippen molar-refractivity contribution in [2.24, 2.45) is 0 Å². The molecule has 0 unspecified atom stereocenters. The molecule has 3 nitrogen and oxygen atoms in total. The maximum absolute atomic E-state index is 11.8. The van der Waals surface area contributed by atoms with Crippen LogP contribution in [0.5, 0.6) is 0 Å². The summed E-state index contributed by atoms with van der Waals surface area (Å²) in [5, 5.41) is 0. The standard InChI is InChI=1S/C32H53NO2/c1-2-3-4-5-6-7-8-9-10-11-12-13-14-15-16-17-18-19-20-21-22-23-24-27-32(34)35-30-31-26-25-28-33-29-31/h7-8,17-18,25-26,28-29H,2-6,9-16,19-24,27,30H2,1H3/b8-7-,18-17-. The topological polar surface area (TPSA) is 39.2 Å². The highest BCUT2D eigenvalue weighted by molar-refractivity contribution is 5.69. The van der Waals surface area contributed by atoms with Crippen molar-refractivity contribution < 1.29 is 9.53 Å². The van der Waals surface area contributed by atoms with E-state index in [1.54, 1.807) is 12.4 Å². The van der Waals surface area contributed by atoms with Gasteiger partial charge in [0.15, 0.2) is 0 Å². The van der Waals surface area contributed by atoms with Crippen LogP contribution in [0.3, 0.4) is 0 Å². The van der Waals surface area contributed by atoms with Gasteiger partial charge >= 0.3 is 5.97 Å². The molecule has 0 saturated heterocycles. The number of carbonyl (C=O) groups is 1. The van der Waals surface area contributed by atoms with Crippen LogP contribution in [0.4, 0.5) is 0 Å². The third-order valence-corrected chi connectivity index (χ3v) is 6.42. The molecule has 3 heteroatoms. The molecule has 0 aliphatic rings. The first-order valence-corrected chi connectivity index (χ1v) is 14.7. The molecule has 1 aromatic rings. The van der Waals surface area contributed by atoms with Gasteiger partial charge in [-0.3, -0.25) is 9.78 Å². The third kappa shape index (κ3) is 22.3. The van der Waals surface area contributed by atoms with Gasteiger partial charge in [-0.1, -0.05) is 102 Å².